The van der Waals surface area contributed by atoms with Crippen molar-refractivity contribution in [2.24, 2.45) is 5.41 Å². The van der Waals surface area contributed by atoms with Gasteiger partial charge in [0, 0.05) is 37.7 Å². The standard InChI is InChI=1S/C20H25F3N6O3S/c1-19(2,11-29(3)33(4,31)32)10-25-17-14(20(21,22)23)9-24-18(28-17)26-13-6-5-12-7-16(30)27-15(12)8-13/h5-6,8-9H,7,10-11H2,1-4H3,(H,27,30)(H2,24,25,26,28). The smallest absolute Gasteiger partial charge is 0.369 e. The monoisotopic (exact) mass is 486 g/mol. The number of carbonyl (C=O) groups is 1. The molecule has 0 aliphatic carbocycles. The summed E-state index contributed by atoms with van der Waals surface area (Å²) in [7, 11) is -2.03. The minimum Gasteiger partial charge on any atom is -0.369 e. The lowest BCUT2D eigenvalue weighted by Gasteiger charge is -2.30. The lowest BCUT2D eigenvalue weighted by atomic mass is 9.93. The Morgan fingerprint density at radius 2 is 1.94 bits per heavy atom. The Hall–Kier alpha value is -2.93. The van der Waals surface area contributed by atoms with Crippen LogP contribution in [0.25, 0.3) is 0 Å². The Morgan fingerprint density at radius 1 is 1.24 bits per heavy atom. The molecule has 0 unspecified atom stereocenters. The highest BCUT2D eigenvalue weighted by atomic mass is 32.2. The number of fused-ring (bicyclic) bond motifs is 1. The molecule has 180 valence electrons. The van der Waals surface area contributed by atoms with Gasteiger partial charge in [0.2, 0.25) is 21.9 Å². The van der Waals surface area contributed by atoms with Crippen LogP contribution in [-0.4, -0.2) is 55.0 Å². The molecule has 0 bridgehead atoms. The van der Waals surface area contributed by atoms with E-state index >= 15 is 0 Å². The van der Waals surface area contributed by atoms with Crippen molar-refractivity contribution in [1.82, 2.24) is 14.3 Å². The SMILES string of the molecule is CN(CC(C)(C)CNc1nc(Nc2ccc3c(c2)NC(=O)C3)ncc1C(F)(F)F)S(C)(=O)=O. The van der Waals surface area contributed by atoms with Crippen molar-refractivity contribution in [2.45, 2.75) is 26.4 Å². The molecule has 1 aliphatic rings. The van der Waals surface area contributed by atoms with Gasteiger partial charge in [-0.25, -0.2) is 17.7 Å². The summed E-state index contributed by atoms with van der Waals surface area (Å²) in [6.07, 6.45) is -2.68. The second-order valence-electron chi connectivity index (χ2n) is 8.71. The molecule has 0 radical (unpaired) electrons. The van der Waals surface area contributed by atoms with Crippen LogP contribution >= 0.6 is 0 Å². The molecule has 0 saturated carbocycles. The molecule has 3 N–H and O–H groups in total. The molecule has 3 rings (SSSR count). The first-order valence-electron chi connectivity index (χ1n) is 9.93. The van der Waals surface area contributed by atoms with Gasteiger partial charge in [0.1, 0.15) is 11.4 Å². The Morgan fingerprint density at radius 3 is 2.58 bits per heavy atom. The second-order valence-corrected chi connectivity index (χ2v) is 10.8. The lowest BCUT2D eigenvalue weighted by molar-refractivity contribution is -0.137. The van der Waals surface area contributed by atoms with Gasteiger partial charge < -0.3 is 16.0 Å². The third-order valence-corrected chi connectivity index (χ3v) is 6.30. The van der Waals surface area contributed by atoms with Crippen LogP contribution in [0.3, 0.4) is 0 Å². The zero-order valence-corrected chi connectivity index (χ0v) is 19.4. The predicted octanol–water partition coefficient (Wildman–Crippen LogP) is 3.06. The number of amides is 1. The molecule has 1 aliphatic heterocycles. The zero-order valence-electron chi connectivity index (χ0n) is 18.5. The molecular weight excluding hydrogens is 461 g/mol. The van der Waals surface area contributed by atoms with Gasteiger partial charge in [-0.1, -0.05) is 19.9 Å². The first-order valence-corrected chi connectivity index (χ1v) is 11.8. The highest BCUT2D eigenvalue weighted by molar-refractivity contribution is 7.88. The average molecular weight is 487 g/mol. The quantitative estimate of drug-likeness (QED) is 0.525. The second kappa shape index (κ2) is 8.78. The largest absolute Gasteiger partial charge is 0.421 e. The van der Waals surface area contributed by atoms with Gasteiger partial charge >= 0.3 is 6.18 Å². The molecule has 0 spiro atoms. The maximum atomic E-state index is 13.5. The molecule has 0 atom stereocenters. The van der Waals surface area contributed by atoms with Gasteiger partial charge in [0.05, 0.1) is 12.7 Å². The first kappa shape index (κ1) is 24.7. The topological polar surface area (TPSA) is 116 Å². The normalized spacial score (nSPS) is 14.2. The van der Waals surface area contributed by atoms with Crippen molar-refractivity contribution in [3.8, 4) is 0 Å². The van der Waals surface area contributed by atoms with Gasteiger partial charge in [0.15, 0.2) is 0 Å². The van der Waals surface area contributed by atoms with E-state index in [1.807, 2.05) is 0 Å². The molecule has 9 nitrogen and oxygen atoms in total. The van der Waals surface area contributed by atoms with E-state index in [1.165, 1.54) is 7.05 Å². The molecule has 1 aromatic heterocycles. The fraction of sp³-hybridized carbons (Fsp3) is 0.450. The number of halogens is 3. The number of nitrogens with zero attached hydrogens (tertiary/aromatic N) is 3. The van der Waals surface area contributed by atoms with Crippen LogP contribution in [0.15, 0.2) is 24.4 Å². The van der Waals surface area contributed by atoms with Crippen LogP contribution in [0, 0.1) is 5.41 Å². The number of aromatic nitrogens is 2. The summed E-state index contributed by atoms with van der Waals surface area (Å²) in [5.41, 5.74) is 0.199. The van der Waals surface area contributed by atoms with E-state index in [-0.39, 0.29) is 31.4 Å². The van der Waals surface area contributed by atoms with Gasteiger partial charge in [-0.3, -0.25) is 4.79 Å². The Balaban J connectivity index is 1.81. The summed E-state index contributed by atoms with van der Waals surface area (Å²) in [5.74, 6) is -0.631. The van der Waals surface area contributed by atoms with Crippen LogP contribution in [-0.2, 0) is 27.4 Å². The molecule has 2 heterocycles. The summed E-state index contributed by atoms with van der Waals surface area (Å²) in [6, 6.07) is 5.06. The Kier molecular flexibility index (Phi) is 6.58. The van der Waals surface area contributed by atoms with Crippen LogP contribution in [0.4, 0.5) is 36.3 Å². The van der Waals surface area contributed by atoms with E-state index in [2.05, 4.69) is 25.9 Å². The molecule has 1 aromatic carbocycles. The summed E-state index contributed by atoms with van der Waals surface area (Å²) in [6.45, 7) is 3.58. The van der Waals surface area contributed by atoms with E-state index in [1.54, 1.807) is 32.0 Å². The third kappa shape index (κ3) is 6.32. The number of alkyl halides is 3. The average Bonchev–Trinajstić information content (AvgIpc) is 3.04. The van der Waals surface area contributed by atoms with Crippen molar-refractivity contribution >= 4 is 39.1 Å². The first-order chi connectivity index (χ1) is 15.1. The van der Waals surface area contributed by atoms with Gasteiger partial charge in [0.25, 0.3) is 0 Å². The minimum absolute atomic E-state index is 0.0251. The summed E-state index contributed by atoms with van der Waals surface area (Å²) in [5, 5.41) is 8.25. The van der Waals surface area contributed by atoms with Gasteiger partial charge in [-0.15, -0.1) is 0 Å². The maximum absolute atomic E-state index is 13.5. The van der Waals surface area contributed by atoms with Crippen LogP contribution in [0.5, 0.6) is 0 Å². The summed E-state index contributed by atoms with van der Waals surface area (Å²) >= 11 is 0. The molecule has 0 saturated heterocycles. The number of benzene rings is 1. The number of hydrogen-bond acceptors (Lipinski definition) is 7. The Labute approximate surface area is 189 Å². The fourth-order valence-electron chi connectivity index (χ4n) is 3.30. The number of nitrogens with one attached hydrogen (secondary N) is 3. The minimum atomic E-state index is -4.69. The number of anilines is 4. The van der Waals surface area contributed by atoms with Gasteiger partial charge in [-0.2, -0.15) is 18.2 Å². The molecule has 33 heavy (non-hydrogen) atoms. The third-order valence-electron chi connectivity index (χ3n) is 5.04. The van der Waals surface area contributed by atoms with Crippen molar-refractivity contribution in [3.05, 3.63) is 35.5 Å². The van der Waals surface area contributed by atoms with E-state index in [9.17, 15) is 26.4 Å². The number of hydrogen-bond donors (Lipinski definition) is 3. The maximum Gasteiger partial charge on any atom is 0.421 e. The predicted molar refractivity (Wildman–Crippen MR) is 119 cm³/mol. The van der Waals surface area contributed by atoms with Crippen LogP contribution in [0.2, 0.25) is 0 Å². The van der Waals surface area contributed by atoms with Gasteiger partial charge in [-0.05, 0) is 23.1 Å². The van der Waals surface area contributed by atoms with E-state index in [0.717, 1.165) is 16.1 Å². The lowest BCUT2D eigenvalue weighted by Crippen LogP contribution is -2.39. The zero-order chi connectivity index (χ0) is 24.6. The van der Waals surface area contributed by atoms with E-state index < -0.39 is 33.0 Å². The van der Waals surface area contributed by atoms with Crippen molar-refractivity contribution in [2.75, 3.05) is 42.3 Å². The molecule has 1 amide bonds. The highest BCUT2D eigenvalue weighted by Gasteiger charge is 2.36. The molecule has 13 heteroatoms. The summed E-state index contributed by atoms with van der Waals surface area (Å²) in [4.78, 5) is 19.3. The van der Waals surface area contributed by atoms with E-state index in [0.29, 0.717) is 17.6 Å². The van der Waals surface area contributed by atoms with Crippen molar-refractivity contribution < 1.29 is 26.4 Å². The molecule has 2 aromatic rings. The number of sulfonamides is 1. The number of carbonyl (C=O) groups excluding carboxylic acids is 1. The fourth-order valence-corrected chi connectivity index (χ4v) is 3.89. The van der Waals surface area contributed by atoms with Crippen molar-refractivity contribution in [3.63, 3.8) is 0 Å². The van der Waals surface area contributed by atoms with Crippen LogP contribution in [0.1, 0.15) is 25.0 Å². The molecular formula is C20H25F3N6O3S. The molecule has 0 fully saturated rings. The van der Waals surface area contributed by atoms with Crippen molar-refractivity contribution in [1.29, 1.82) is 0 Å². The number of rotatable bonds is 8. The van der Waals surface area contributed by atoms with Crippen LogP contribution < -0.4 is 16.0 Å². The Bertz CT molecular complexity index is 1170. The summed E-state index contributed by atoms with van der Waals surface area (Å²) < 4.78 is 65.0. The van der Waals surface area contributed by atoms with E-state index in [4.69, 9.17) is 0 Å². The highest BCUT2D eigenvalue weighted by Crippen LogP contribution is 2.35.